The Bertz CT molecular complexity index is 1060. The molecule has 1 N–H and O–H groups in total. The number of hydrogen-bond donors (Lipinski definition) is 1. The lowest BCUT2D eigenvalue weighted by Gasteiger charge is -2.13. The van der Waals surface area contributed by atoms with E-state index in [1.54, 1.807) is 7.11 Å². The normalized spacial score (nSPS) is 10.4. The number of rotatable bonds is 7. The molecule has 0 bridgehead atoms. The maximum atomic E-state index is 10.9. The number of pyridine rings is 1. The summed E-state index contributed by atoms with van der Waals surface area (Å²) in [4.78, 5) is 15.6. The van der Waals surface area contributed by atoms with Crippen LogP contribution in [-0.4, -0.2) is 28.9 Å². The minimum atomic E-state index is -0.874. The van der Waals surface area contributed by atoms with Crippen LogP contribution in [0.5, 0.6) is 5.75 Å². The number of nitrogens with zero attached hydrogens (tertiary/aromatic N) is 2. The summed E-state index contributed by atoms with van der Waals surface area (Å²) in [7, 11) is 1.61. The molecule has 0 aliphatic heterocycles. The van der Waals surface area contributed by atoms with Gasteiger partial charge in [0.25, 0.3) is 0 Å². The van der Waals surface area contributed by atoms with Crippen LogP contribution in [0.15, 0.2) is 59.6 Å². The Labute approximate surface area is 174 Å². The average Bonchev–Trinajstić information content (AvgIpc) is 2.73. The number of aryl methyl sites for hydroxylation is 1. The van der Waals surface area contributed by atoms with Crippen molar-refractivity contribution in [3.8, 4) is 34.2 Å². The molecule has 1 aromatic heterocycles. The fourth-order valence-corrected chi connectivity index (χ4v) is 3.77. The predicted octanol–water partition coefficient (Wildman–Crippen LogP) is 5.17. The molecule has 0 aliphatic rings. The molecule has 0 amide bonds. The molecule has 2 aromatic carbocycles. The quantitative estimate of drug-likeness (QED) is 0.547. The number of carboxylic acids is 1. The van der Waals surface area contributed by atoms with E-state index in [1.165, 1.54) is 11.8 Å². The number of nitriles is 1. The zero-order valence-corrected chi connectivity index (χ0v) is 17.0. The molecular formula is C23H20N2O3S. The predicted molar refractivity (Wildman–Crippen MR) is 114 cm³/mol. The van der Waals surface area contributed by atoms with Crippen LogP contribution in [0.3, 0.4) is 0 Å². The fraction of sp³-hybridized carbons (Fsp3) is 0.174. The van der Waals surface area contributed by atoms with Gasteiger partial charge in [-0.15, -0.1) is 11.8 Å². The van der Waals surface area contributed by atoms with E-state index in [-0.39, 0.29) is 6.42 Å². The van der Waals surface area contributed by atoms with Crippen LogP contribution in [0.4, 0.5) is 0 Å². The molecule has 3 aromatic rings. The lowest BCUT2D eigenvalue weighted by atomic mass is 9.98. The number of benzene rings is 2. The van der Waals surface area contributed by atoms with Crippen LogP contribution in [0.1, 0.15) is 17.5 Å². The smallest absolute Gasteiger partial charge is 0.304 e. The van der Waals surface area contributed by atoms with Crippen LogP contribution in [-0.2, 0) is 4.79 Å². The van der Waals surface area contributed by atoms with Gasteiger partial charge in [-0.3, -0.25) is 4.79 Å². The third-order valence-corrected chi connectivity index (χ3v) is 5.38. The Balaban J connectivity index is 2.12. The van der Waals surface area contributed by atoms with Crippen LogP contribution >= 0.6 is 11.8 Å². The van der Waals surface area contributed by atoms with E-state index >= 15 is 0 Å². The molecule has 0 atom stereocenters. The summed E-state index contributed by atoms with van der Waals surface area (Å²) in [6, 6.07) is 19.7. The van der Waals surface area contributed by atoms with Gasteiger partial charge in [0.05, 0.1) is 24.8 Å². The molecule has 146 valence electrons. The summed E-state index contributed by atoms with van der Waals surface area (Å²) in [5.41, 5.74) is 4.91. The summed E-state index contributed by atoms with van der Waals surface area (Å²) in [5.74, 6) is 0.217. The summed E-state index contributed by atoms with van der Waals surface area (Å²) in [5, 5.41) is 19.3. The monoisotopic (exact) mass is 404 g/mol. The zero-order chi connectivity index (χ0) is 20.8. The molecule has 0 spiro atoms. The highest BCUT2D eigenvalue weighted by Gasteiger charge is 2.16. The number of carbonyl (C=O) groups is 1. The van der Waals surface area contributed by atoms with Gasteiger partial charge in [0, 0.05) is 16.9 Å². The van der Waals surface area contributed by atoms with Crippen molar-refractivity contribution < 1.29 is 14.6 Å². The van der Waals surface area contributed by atoms with Gasteiger partial charge in [0.2, 0.25) is 0 Å². The number of aromatic nitrogens is 1. The van der Waals surface area contributed by atoms with E-state index < -0.39 is 5.97 Å². The highest BCUT2D eigenvalue weighted by Crippen LogP contribution is 2.35. The Morgan fingerprint density at radius 2 is 1.79 bits per heavy atom. The molecule has 6 heteroatoms. The van der Waals surface area contributed by atoms with Crippen molar-refractivity contribution in [2.24, 2.45) is 0 Å². The molecule has 0 unspecified atom stereocenters. The average molecular weight is 404 g/mol. The number of methoxy groups -OCH3 is 1. The fourth-order valence-electron chi connectivity index (χ4n) is 2.84. The molecule has 29 heavy (non-hydrogen) atoms. The zero-order valence-electron chi connectivity index (χ0n) is 16.2. The first-order valence-corrected chi connectivity index (χ1v) is 10.0. The van der Waals surface area contributed by atoms with Crippen molar-refractivity contribution in [1.82, 2.24) is 4.98 Å². The molecule has 0 saturated carbocycles. The van der Waals surface area contributed by atoms with Crippen molar-refractivity contribution in [3.05, 3.63) is 65.7 Å². The summed E-state index contributed by atoms with van der Waals surface area (Å²) in [6.45, 7) is 2.01. The van der Waals surface area contributed by atoms with E-state index in [0.717, 1.165) is 33.7 Å². The minimum absolute atomic E-state index is 0.00381. The molecule has 0 aliphatic carbocycles. The molecule has 0 radical (unpaired) electrons. The molecule has 0 saturated heterocycles. The second-order valence-corrected chi connectivity index (χ2v) is 7.52. The van der Waals surface area contributed by atoms with Gasteiger partial charge >= 0.3 is 5.97 Å². The lowest BCUT2D eigenvalue weighted by molar-refractivity contribution is -0.136. The van der Waals surface area contributed by atoms with Crippen LogP contribution < -0.4 is 4.74 Å². The van der Waals surface area contributed by atoms with Crippen molar-refractivity contribution in [2.45, 2.75) is 18.4 Å². The third-order valence-electron chi connectivity index (χ3n) is 4.40. The van der Waals surface area contributed by atoms with Crippen LogP contribution in [0.2, 0.25) is 0 Å². The van der Waals surface area contributed by atoms with Gasteiger partial charge < -0.3 is 9.84 Å². The standard InChI is InChI=1S/C23H20N2O3S/c1-15-3-5-16(6-4-15)19-13-21(17-7-9-18(28-2)10-8-17)25-23(20(19)14-24)29-12-11-22(26)27/h3-10,13H,11-12H2,1-2H3,(H,26,27). The van der Waals surface area contributed by atoms with Gasteiger partial charge in [0.1, 0.15) is 16.8 Å². The first-order valence-electron chi connectivity index (χ1n) is 9.03. The third kappa shape index (κ3) is 4.95. The molecule has 5 nitrogen and oxygen atoms in total. The Morgan fingerprint density at radius 3 is 2.38 bits per heavy atom. The SMILES string of the molecule is COc1ccc(-c2cc(-c3ccc(C)cc3)c(C#N)c(SCCC(=O)O)n2)cc1. The molecule has 1 heterocycles. The Morgan fingerprint density at radius 1 is 1.14 bits per heavy atom. The highest BCUT2D eigenvalue weighted by molar-refractivity contribution is 7.99. The van der Waals surface area contributed by atoms with Gasteiger partial charge in [-0.1, -0.05) is 29.8 Å². The number of aliphatic carboxylic acids is 1. The van der Waals surface area contributed by atoms with E-state index in [4.69, 9.17) is 9.84 Å². The van der Waals surface area contributed by atoms with Crippen LogP contribution in [0.25, 0.3) is 22.4 Å². The van der Waals surface area contributed by atoms with Crippen molar-refractivity contribution in [3.63, 3.8) is 0 Å². The Kier molecular flexibility index (Phi) is 6.53. The second kappa shape index (κ2) is 9.26. The first kappa shape index (κ1) is 20.4. The minimum Gasteiger partial charge on any atom is -0.497 e. The highest BCUT2D eigenvalue weighted by atomic mass is 32.2. The maximum absolute atomic E-state index is 10.9. The second-order valence-electron chi connectivity index (χ2n) is 6.43. The number of hydrogen-bond acceptors (Lipinski definition) is 5. The summed E-state index contributed by atoms with van der Waals surface area (Å²) >= 11 is 1.29. The van der Waals surface area contributed by atoms with Crippen molar-refractivity contribution in [1.29, 1.82) is 5.26 Å². The summed E-state index contributed by atoms with van der Waals surface area (Å²) in [6.07, 6.45) is 0.00381. The van der Waals surface area contributed by atoms with Gasteiger partial charge in [-0.05, 0) is 42.8 Å². The van der Waals surface area contributed by atoms with E-state index in [1.807, 2.05) is 61.5 Å². The Hall–Kier alpha value is -3.30. The van der Waals surface area contributed by atoms with E-state index in [2.05, 4.69) is 11.1 Å². The van der Waals surface area contributed by atoms with E-state index in [9.17, 15) is 10.1 Å². The number of ether oxygens (including phenoxy) is 1. The largest absolute Gasteiger partial charge is 0.497 e. The van der Waals surface area contributed by atoms with Crippen molar-refractivity contribution >= 4 is 17.7 Å². The van der Waals surface area contributed by atoms with Crippen LogP contribution in [0, 0.1) is 18.3 Å². The van der Waals surface area contributed by atoms with E-state index in [0.29, 0.717) is 16.3 Å². The molecule has 0 fully saturated rings. The lowest BCUT2D eigenvalue weighted by Crippen LogP contribution is -1.99. The van der Waals surface area contributed by atoms with Crippen molar-refractivity contribution in [2.75, 3.05) is 12.9 Å². The summed E-state index contributed by atoms with van der Waals surface area (Å²) < 4.78 is 5.22. The number of thioether (sulfide) groups is 1. The topological polar surface area (TPSA) is 83.2 Å². The van der Waals surface area contributed by atoms with Gasteiger partial charge in [0.15, 0.2) is 0 Å². The number of carboxylic acid groups (broad SMARTS) is 1. The maximum Gasteiger partial charge on any atom is 0.304 e. The molecular weight excluding hydrogens is 384 g/mol. The van der Waals surface area contributed by atoms with Gasteiger partial charge in [-0.2, -0.15) is 5.26 Å². The first-order chi connectivity index (χ1) is 14.0. The molecule has 3 rings (SSSR count). The van der Waals surface area contributed by atoms with Gasteiger partial charge in [-0.25, -0.2) is 4.98 Å².